The fourth-order valence-electron chi connectivity index (χ4n) is 5.12. The second-order valence-corrected chi connectivity index (χ2v) is 10.3. The normalized spacial score (nSPS) is 20.4. The highest BCUT2D eigenvalue weighted by Crippen LogP contribution is 2.45. The largest absolute Gasteiger partial charge is 0.461 e. The van der Waals surface area contributed by atoms with Crippen molar-refractivity contribution in [2.45, 2.75) is 70.4 Å². The van der Waals surface area contributed by atoms with Crippen LogP contribution in [0.4, 0.5) is 0 Å². The first-order chi connectivity index (χ1) is 16.8. The van der Waals surface area contributed by atoms with Crippen molar-refractivity contribution in [2.75, 3.05) is 13.3 Å². The number of benzene rings is 2. The molecule has 6 nitrogen and oxygen atoms in total. The van der Waals surface area contributed by atoms with Gasteiger partial charge in [0, 0.05) is 10.8 Å². The first kappa shape index (κ1) is 25.1. The molecule has 0 unspecified atom stereocenters. The number of carbonyl (C=O) groups is 3. The van der Waals surface area contributed by atoms with Crippen molar-refractivity contribution in [1.82, 2.24) is 4.90 Å². The van der Waals surface area contributed by atoms with Crippen LogP contribution in [0.2, 0.25) is 0 Å². The van der Waals surface area contributed by atoms with Gasteiger partial charge in [0.15, 0.2) is 6.04 Å². The molecule has 1 amide bonds. The average molecular weight is 478 g/mol. The Hall–Kier alpha value is -2.99. The van der Waals surface area contributed by atoms with Gasteiger partial charge in [0.1, 0.15) is 12.8 Å². The van der Waals surface area contributed by atoms with Gasteiger partial charge in [-0.2, -0.15) is 0 Å². The summed E-state index contributed by atoms with van der Waals surface area (Å²) < 4.78 is 11.3. The molecule has 0 spiro atoms. The summed E-state index contributed by atoms with van der Waals surface area (Å²) in [4.78, 5) is 39.8. The van der Waals surface area contributed by atoms with E-state index >= 15 is 0 Å². The van der Waals surface area contributed by atoms with Gasteiger partial charge in [-0.1, -0.05) is 81.4 Å². The minimum atomic E-state index is -0.881. The topological polar surface area (TPSA) is 72.9 Å². The third-order valence-corrected chi connectivity index (χ3v) is 7.83. The van der Waals surface area contributed by atoms with Crippen molar-refractivity contribution < 1.29 is 23.9 Å². The lowest BCUT2D eigenvalue weighted by Gasteiger charge is -2.41. The van der Waals surface area contributed by atoms with Gasteiger partial charge in [0.05, 0.1) is 6.61 Å². The maximum Gasteiger partial charge on any atom is 0.331 e. The molecule has 2 aromatic carbocycles. The molecule has 0 N–H and O–H groups in total. The fourth-order valence-corrected chi connectivity index (χ4v) is 5.12. The third kappa shape index (κ3) is 5.03. The molecule has 1 aliphatic carbocycles. The smallest absolute Gasteiger partial charge is 0.331 e. The molecular formula is C29H35NO5. The van der Waals surface area contributed by atoms with Crippen LogP contribution in [0.1, 0.15) is 64.0 Å². The number of esters is 1. The number of ether oxygens (including phenoxy) is 2. The summed E-state index contributed by atoms with van der Waals surface area (Å²) >= 11 is 0. The summed E-state index contributed by atoms with van der Waals surface area (Å²) in [6, 6.07) is 20.1. The minimum Gasteiger partial charge on any atom is -0.461 e. The fraction of sp³-hybridized carbons (Fsp3) is 0.483. The Bertz CT molecular complexity index is 1000. The van der Waals surface area contributed by atoms with Crippen molar-refractivity contribution in [1.29, 1.82) is 0 Å². The standard InChI is InChI=1S/C29H35NO5/c1-4-28(2,3)25(31)26(32)30-20-34-19-24(30)27(33)35-23-15-17-29(18-16-23,21-11-7-5-8-12-21)22-13-9-6-10-14-22/h5-14,23-24H,4,15-20H2,1-3H3/t24-/m0/s1. The van der Waals surface area contributed by atoms with E-state index in [1.54, 1.807) is 13.8 Å². The van der Waals surface area contributed by atoms with Crippen molar-refractivity contribution in [3.63, 3.8) is 0 Å². The molecule has 0 bridgehead atoms. The molecule has 0 radical (unpaired) electrons. The summed E-state index contributed by atoms with van der Waals surface area (Å²) in [5.74, 6) is -1.67. The molecule has 0 aromatic heterocycles. The van der Waals surface area contributed by atoms with E-state index in [9.17, 15) is 14.4 Å². The first-order valence-electron chi connectivity index (χ1n) is 12.5. The highest BCUT2D eigenvalue weighted by atomic mass is 16.6. The van der Waals surface area contributed by atoms with Crippen molar-refractivity contribution in [3.8, 4) is 0 Å². The molecule has 2 aliphatic rings. The number of rotatable bonds is 7. The predicted molar refractivity (Wildman–Crippen MR) is 133 cm³/mol. The maximum absolute atomic E-state index is 13.1. The number of Topliss-reactive ketones (excluding diaryl/α,β-unsaturated/α-hetero) is 1. The molecular weight excluding hydrogens is 442 g/mol. The Kier molecular flexibility index (Phi) is 7.41. The van der Waals surface area contributed by atoms with Crippen LogP contribution < -0.4 is 0 Å². The van der Waals surface area contributed by atoms with Gasteiger partial charge in [0.2, 0.25) is 5.78 Å². The zero-order valence-electron chi connectivity index (χ0n) is 20.9. The number of hydrogen-bond acceptors (Lipinski definition) is 5. The van der Waals surface area contributed by atoms with Crippen molar-refractivity contribution in [3.05, 3.63) is 71.8 Å². The molecule has 1 saturated heterocycles. The Morgan fingerprint density at radius 1 is 0.971 bits per heavy atom. The molecule has 1 saturated carbocycles. The van der Waals surface area contributed by atoms with Crippen LogP contribution in [0.3, 0.4) is 0 Å². The van der Waals surface area contributed by atoms with Crippen LogP contribution in [0, 0.1) is 5.41 Å². The number of nitrogens with zero attached hydrogens (tertiary/aromatic N) is 1. The highest BCUT2D eigenvalue weighted by Gasteiger charge is 2.44. The van der Waals surface area contributed by atoms with Crippen LogP contribution in [0.25, 0.3) is 0 Å². The van der Waals surface area contributed by atoms with Crippen LogP contribution >= 0.6 is 0 Å². The van der Waals surface area contributed by atoms with E-state index in [0.29, 0.717) is 6.42 Å². The zero-order valence-corrected chi connectivity index (χ0v) is 20.9. The summed E-state index contributed by atoms with van der Waals surface area (Å²) in [6.07, 6.45) is 3.45. The quantitative estimate of drug-likeness (QED) is 0.429. The Morgan fingerprint density at radius 3 is 2.03 bits per heavy atom. The van der Waals surface area contributed by atoms with Gasteiger partial charge in [-0.25, -0.2) is 4.79 Å². The van der Waals surface area contributed by atoms with E-state index in [0.717, 1.165) is 25.7 Å². The minimum absolute atomic E-state index is 0.0507. The lowest BCUT2D eigenvalue weighted by atomic mass is 9.65. The van der Waals surface area contributed by atoms with E-state index < -0.39 is 29.1 Å². The number of ketones is 1. The number of carbonyl (C=O) groups excluding carboxylic acids is 3. The Labute approximate surface area is 207 Å². The van der Waals surface area contributed by atoms with Crippen molar-refractivity contribution in [2.24, 2.45) is 5.41 Å². The second kappa shape index (κ2) is 10.3. The van der Waals surface area contributed by atoms with Crippen LogP contribution in [0.5, 0.6) is 0 Å². The van der Waals surface area contributed by atoms with E-state index in [2.05, 4.69) is 48.5 Å². The number of hydrogen-bond donors (Lipinski definition) is 0. The summed E-state index contributed by atoms with van der Waals surface area (Å²) in [5.41, 5.74) is 1.64. The van der Waals surface area contributed by atoms with E-state index in [-0.39, 0.29) is 24.9 Å². The summed E-state index contributed by atoms with van der Waals surface area (Å²) in [7, 11) is 0. The molecule has 35 heavy (non-hydrogen) atoms. The first-order valence-corrected chi connectivity index (χ1v) is 12.5. The molecule has 4 rings (SSSR count). The van der Waals surface area contributed by atoms with Gasteiger partial charge in [-0.3, -0.25) is 14.5 Å². The Morgan fingerprint density at radius 2 is 1.51 bits per heavy atom. The molecule has 1 atom stereocenters. The maximum atomic E-state index is 13.1. The molecule has 2 aromatic rings. The van der Waals surface area contributed by atoms with E-state index in [1.807, 2.05) is 19.1 Å². The average Bonchev–Trinajstić information content (AvgIpc) is 3.40. The summed E-state index contributed by atoms with van der Waals surface area (Å²) in [5, 5.41) is 0. The van der Waals surface area contributed by atoms with Crippen LogP contribution in [-0.2, 0) is 29.3 Å². The van der Waals surface area contributed by atoms with Gasteiger partial charge in [0.25, 0.3) is 5.91 Å². The SMILES string of the molecule is CCC(C)(C)C(=O)C(=O)N1COC[C@H]1C(=O)OC1CCC(c2ccccc2)(c2ccccc2)CC1. The van der Waals surface area contributed by atoms with Crippen LogP contribution in [-0.4, -0.2) is 48.0 Å². The van der Waals surface area contributed by atoms with Gasteiger partial charge >= 0.3 is 5.97 Å². The van der Waals surface area contributed by atoms with E-state index in [4.69, 9.17) is 9.47 Å². The van der Waals surface area contributed by atoms with Crippen molar-refractivity contribution >= 4 is 17.7 Å². The van der Waals surface area contributed by atoms with Crippen LogP contribution in [0.15, 0.2) is 60.7 Å². The van der Waals surface area contributed by atoms with E-state index in [1.165, 1.54) is 16.0 Å². The van der Waals surface area contributed by atoms with Gasteiger partial charge in [-0.05, 0) is 43.2 Å². The Balaban J connectivity index is 1.44. The highest BCUT2D eigenvalue weighted by molar-refractivity contribution is 6.38. The molecule has 1 heterocycles. The molecule has 6 heteroatoms. The third-order valence-electron chi connectivity index (χ3n) is 7.83. The van der Waals surface area contributed by atoms with Gasteiger partial charge < -0.3 is 9.47 Å². The lowest BCUT2D eigenvalue weighted by Crippen LogP contribution is -2.49. The summed E-state index contributed by atoms with van der Waals surface area (Å²) in [6.45, 7) is 5.33. The lowest BCUT2D eigenvalue weighted by molar-refractivity contribution is -0.161. The number of amides is 1. The molecule has 186 valence electrons. The molecule has 2 fully saturated rings. The molecule has 1 aliphatic heterocycles. The second-order valence-electron chi connectivity index (χ2n) is 10.3. The predicted octanol–water partition coefficient (Wildman–Crippen LogP) is 4.65. The zero-order chi connectivity index (χ0) is 25.1. The van der Waals surface area contributed by atoms with Gasteiger partial charge in [-0.15, -0.1) is 0 Å². The monoisotopic (exact) mass is 477 g/mol.